The molecule has 1 atom stereocenters. The molecule has 4 heteroatoms. The molecule has 0 spiro atoms. The lowest BCUT2D eigenvalue weighted by Crippen LogP contribution is -2.45. The molecule has 3 nitrogen and oxygen atoms in total. The zero-order chi connectivity index (χ0) is 15.8. The van der Waals surface area contributed by atoms with Crippen LogP contribution in [0.3, 0.4) is 0 Å². The van der Waals surface area contributed by atoms with Crippen molar-refractivity contribution < 1.29 is 14.0 Å². The van der Waals surface area contributed by atoms with Crippen LogP contribution in [0.5, 0.6) is 0 Å². The fraction of sp³-hybridized carbons (Fsp3) is 0.938. The second kappa shape index (κ2) is 8.83. The van der Waals surface area contributed by atoms with Crippen molar-refractivity contribution in [2.24, 2.45) is 5.41 Å². The fourth-order valence-corrected chi connectivity index (χ4v) is 3.59. The molecule has 0 N–H and O–H groups in total. The van der Waals surface area contributed by atoms with E-state index in [1.54, 1.807) is 0 Å². The van der Waals surface area contributed by atoms with Gasteiger partial charge in [-0.25, -0.2) is 0 Å². The first-order chi connectivity index (χ1) is 9.15. The molecule has 0 saturated carbocycles. The minimum Gasteiger partial charge on any atom is -0.469 e. The lowest BCUT2D eigenvalue weighted by atomic mass is 9.84. The molecular formula is C16H34O3Si. The van der Waals surface area contributed by atoms with Crippen LogP contribution >= 0.6 is 0 Å². The topological polar surface area (TPSA) is 35.5 Å². The average Bonchev–Trinajstić information content (AvgIpc) is 2.34. The number of unbranched alkanes of at least 4 members (excludes halogenated alkanes) is 4. The van der Waals surface area contributed by atoms with Gasteiger partial charge in [0.1, 0.15) is 0 Å². The Balaban J connectivity index is 4.61. The molecule has 0 amide bonds. The summed E-state index contributed by atoms with van der Waals surface area (Å²) in [6.07, 6.45) is 7.06. The zero-order valence-electron chi connectivity index (χ0n) is 14.5. The predicted molar refractivity (Wildman–Crippen MR) is 87.4 cm³/mol. The first-order valence-corrected chi connectivity index (χ1v) is 11.3. The molecule has 20 heavy (non-hydrogen) atoms. The van der Waals surface area contributed by atoms with E-state index in [9.17, 15) is 4.79 Å². The normalized spacial score (nSPS) is 14.2. The van der Waals surface area contributed by atoms with E-state index >= 15 is 0 Å². The zero-order valence-corrected chi connectivity index (χ0v) is 15.5. The highest BCUT2D eigenvalue weighted by Crippen LogP contribution is 2.31. The van der Waals surface area contributed by atoms with E-state index in [0.29, 0.717) is 0 Å². The molecule has 0 aliphatic rings. The van der Waals surface area contributed by atoms with E-state index in [2.05, 4.69) is 26.6 Å². The van der Waals surface area contributed by atoms with Crippen molar-refractivity contribution in [1.29, 1.82) is 0 Å². The Bertz CT molecular complexity index is 282. The molecule has 0 heterocycles. The lowest BCUT2D eigenvalue weighted by Gasteiger charge is -2.36. The van der Waals surface area contributed by atoms with Crippen LogP contribution in [0.4, 0.5) is 0 Å². The monoisotopic (exact) mass is 302 g/mol. The van der Waals surface area contributed by atoms with Crippen LogP contribution in [-0.2, 0) is 14.0 Å². The molecular weight excluding hydrogens is 268 g/mol. The van der Waals surface area contributed by atoms with E-state index in [1.807, 2.05) is 13.8 Å². The summed E-state index contributed by atoms with van der Waals surface area (Å²) in [6, 6.07) is 0. The molecule has 0 bridgehead atoms. The molecule has 0 aliphatic carbocycles. The van der Waals surface area contributed by atoms with Gasteiger partial charge in [0.15, 0.2) is 8.32 Å². The van der Waals surface area contributed by atoms with Crippen molar-refractivity contribution in [2.75, 3.05) is 7.11 Å². The highest BCUT2D eigenvalue weighted by atomic mass is 28.4. The van der Waals surface area contributed by atoms with Crippen LogP contribution in [-0.4, -0.2) is 27.5 Å². The molecule has 0 radical (unpaired) electrons. The summed E-state index contributed by atoms with van der Waals surface area (Å²) < 4.78 is 11.2. The maximum Gasteiger partial charge on any atom is 0.313 e. The third-order valence-electron chi connectivity index (χ3n) is 3.58. The van der Waals surface area contributed by atoms with Crippen LogP contribution in [0, 0.1) is 5.41 Å². The van der Waals surface area contributed by atoms with Crippen molar-refractivity contribution in [1.82, 2.24) is 0 Å². The Morgan fingerprint density at radius 1 is 1.10 bits per heavy atom. The number of ether oxygens (including phenoxy) is 1. The molecule has 120 valence electrons. The standard InChI is InChI=1S/C16H34O3Si/c1-8-9-10-11-12-13-14(19-20(5,6)7)16(2,3)15(17)18-4/h14H,8-13H2,1-7H3. The number of methoxy groups -OCH3 is 1. The van der Waals surface area contributed by atoms with Gasteiger partial charge in [0, 0.05) is 0 Å². The Labute approximate surface area is 126 Å². The van der Waals surface area contributed by atoms with Gasteiger partial charge in [0.25, 0.3) is 0 Å². The van der Waals surface area contributed by atoms with E-state index in [1.165, 1.54) is 32.8 Å². The lowest BCUT2D eigenvalue weighted by molar-refractivity contribution is -0.156. The third-order valence-corrected chi connectivity index (χ3v) is 4.57. The molecule has 0 aliphatic heterocycles. The molecule has 0 rings (SSSR count). The van der Waals surface area contributed by atoms with Crippen LogP contribution in [0.15, 0.2) is 0 Å². The summed E-state index contributed by atoms with van der Waals surface area (Å²) >= 11 is 0. The predicted octanol–water partition coefficient (Wildman–Crippen LogP) is 4.77. The highest BCUT2D eigenvalue weighted by Gasteiger charge is 2.40. The van der Waals surface area contributed by atoms with Crippen molar-refractivity contribution >= 4 is 14.3 Å². The molecule has 0 aromatic carbocycles. The number of rotatable bonds is 10. The number of carbonyl (C=O) groups is 1. The first-order valence-electron chi connectivity index (χ1n) is 7.91. The smallest absolute Gasteiger partial charge is 0.313 e. The molecule has 0 saturated heterocycles. The van der Waals surface area contributed by atoms with Crippen LogP contribution < -0.4 is 0 Å². The summed E-state index contributed by atoms with van der Waals surface area (Å²) in [7, 11) is -0.217. The van der Waals surface area contributed by atoms with Gasteiger partial charge in [0.2, 0.25) is 0 Å². The van der Waals surface area contributed by atoms with Gasteiger partial charge in [-0.05, 0) is 39.9 Å². The Hall–Kier alpha value is -0.353. The molecule has 0 aromatic heterocycles. The molecule has 0 fully saturated rings. The summed E-state index contributed by atoms with van der Waals surface area (Å²) in [4.78, 5) is 12.0. The minimum atomic E-state index is -1.67. The maximum atomic E-state index is 12.0. The van der Waals surface area contributed by atoms with Gasteiger partial charge in [-0.1, -0.05) is 39.0 Å². The van der Waals surface area contributed by atoms with Gasteiger partial charge < -0.3 is 9.16 Å². The van der Waals surface area contributed by atoms with Gasteiger partial charge in [-0.15, -0.1) is 0 Å². The van der Waals surface area contributed by atoms with Gasteiger partial charge in [-0.2, -0.15) is 0 Å². The second-order valence-corrected chi connectivity index (χ2v) is 11.6. The van der Waals surface area contributed by atoms with E-state index in [-0.39, 0.29) is 12.1 Å². The number of hydrogen-bond acceptors (Lipinski definition) is 3. The first kappa shape index (κ1) is 19.6. The van der Waals surface area contributed by atoms with Crippen molar-refractivity contribution in [3.05, 3.63) is 0 Å². The SMILES string of the molecule is CCCCCCCC(O[Si](C)(C)C)C(C)(C)C(=O)OC. The van der Waals surface area contributed by atoms with Gasteiger partial charge in [0.05, 0.1) is 18.6 Å². The van der Waals surface area contributed by atoms with E-state index in [4.69, 9.17) is 9.16 Å². The minimum absolute atomic E-state index is 0.0387. The average molecular weight is 303 g/mol. The number of hydrogen-bond donors (Lipinski definition) is 0. The van der Waals surface area contributed by atoms with Crippen molar-refractivity contribution in [3.8, 4) is 0 Å². The largest absolute Gasteiger partial charge is 0.469 e. The van der Waals surface area contributed by atoms with Gasteiger partial charge in [-0.3, -0.25) is 4.79 Å². The summed E-state index contributed by atoms with van der Waals surface area (Å²) in [6.45, 7) is 12.6. The summed E-state index contributed by atoms with van der Waals surface area (Å²) in [5.41, 5.74) is -0.570. The summed E-state index contributed by atoms with van der Waals surface area (Å²) in [5.74, 6) is -0.172. The Morgan fingerprint density at radius 3 is 2.10 bits per heavy atom. The van der Waals surface area contributed by atoms with Crippen LogP contribution in [0.1, 0.15) is 59.3 Å². The van der Waals surface area contributed by atoms with Crippen LogP contribution in [0.25, 0.3) is 0 Å². The fourth-order valence-electron chi connectivity index (χ4n) is 2.32. The van der Waals surface area contributed by atoms with Crippen molar-refractivity contribution in [2.45, 2.75) is 85.0 Å². The Kier molecular flexibility index (Phi) is 8.67. The third kappa shape index (κ3) is 7.43. The van der Waals surface area contributed by atoms with Crippen LogP contribution in [0.2, 0.25) is 19.6 Å². The quantitative estimate of drug-likeness (QED) is 0.331. The van der Waals surface area contributed by atoms with E-state index in [0.717, 1.165) is 12.8 Å². The van der Waals surface area contributed by atoms with Gasteiger partial charge >= 0.3 is 5.97 Å². The van der Waals surface area contributed by atoms with E-state index < -0.39 is 13.7 Å². The molecule has 0 aromatic rings. The molecule has 1 unspecified atom stereocenters. The number of esters is 1. The summed E-state index contributed by atoms with van der Waals surface area (Å²) in [5, 5.41) is 0. The number of carbonyl (C=O) groups excluding carboxylic acids is 1. The second-order valence-electron chi connectivity index (χ2n) is 7.14. The van der Waals surface area contributed by atoms with Crippen molar-refractivity contribution in [3.63, 3.8) is 0 Å². The Morgan fingerprint density at radius 2 is 1.65 bits per heavy atom. The maximum absolute atomic E-state index is 12.0. The highest BCUT2D eigenvalue weighted by molar-refractivity contribution is 6.69.